The van der Waals surface area contributed by atoms with Crippen LogP contribution in [0.5, 0.6) is 0 Å². The minimum absolute atomic E-state index is 0.0325. The SMILES string of the molecule is COCCOC[C@H](CC1(C(=O)N[C@H]2CC[C@@H](OC(=O)O)CC2)CCCC1)C(=O)O. The summed E-state index contributed by atoms with van der Waals surface area (Å²) < 4.78 is 15.2. The van der Waals surface area contributed by atoms with Gasteiger partial charge < -0.3 is 29.7 Å². The molecule has 0 spiro atoms. The van der Waals surface area contributed by atoms with Crippen LogP contribution in [-0.4, -0.2) is 67.3 Å². The number of carbonyl (C=O) groups is 3. The van der Waals surface area contributed by atoms with Crippen LogP contribution in [0.3, 0.4) is 0 Å². The number of ether oxygens (including phenoxy) is 3. The Morgan fingerprint density at radius 3 is 2.28 bits per heavy atom. The Labute approximate surface area is 171 Å². The molecule has 1 atom stereocenters. The highest BCUT2D eigenvalue weighted by Gasteiger charge is 2.45. The number of nitrogens with one attached hydrogen (secondary N) is 1. The van der Waals surface area contributed by atoms with Gasteiger partial charge in [-0.3, -0.25) is 9.59 Å². The molecule has 2 aliphatic rings. The van der Waals surface area contributed by atoms with Crippen molar-refractivity contribution < 1.29 is 38.8 Å². The zero-order chi connectivity index (χ0) is 21.3. The fourth-order valence-electron chi connectivity index (χ4n) is 4.44. The maximum Gasteiger partial charge on any atom is 0.506 e. The molecule has 0 radical (unpaired) electrons. The minimum Gasteiger partial charge on any atom is -0.481 e. The quantitative estimate of drug-likeness (QED) is 0.346. The Hall–Kier alpha value is -1.87. The van der Waals surface area contributed by atoms with E-state index in [4.69, 9.17) is 19.3 Å². The van der Waals surface area contributed by atoms with E-state index in [9.17, 15) is 19.5 Å². The van der Waals surface area contributed by atoms with Gasteiger partial charge in [0.25, 0.3) is 0 Å². The molecule has 2 fully saturated rings. The van der Waals surface area contributed by atoms with Gasteiger partial charge >= 0.3 is 12.1 Å². The van der Waals surface area contributed by atoms with Gasteiger partial charge in [0.05, 0.1) is 31.2 Å². The van der Waals surface area contributed by atoms with E-state index in [2.05, 4.69) is 5.32 Å². The molecule has 0 aromatic heterocycles. The summed E-state index contributed by atoms with van der Waals surface area (Å²) in [7, 11) is 1.55. The molecule has 2 aliphatic carbocycles. The first-order valence-corrected chi connectivity index (χ1v) is 10.4. The number of hydrogen-bond donors (Lipinski definition) is 3. The van der Waals surface area contributed by atoms with Crippen molar-refractivity contribution in [1.82, 2.24) is 5.32 Å². The zero-order valence-electron chi connectivity index (χ0n) is 17.1. The Bertz CT molecular complexity index is 553. The maximum atomic E-state index is 13.1. The molecular weight excluding hydrogens is 382 g/mol. The summed E-state index contributed by atoms with van der Waals surface area (Å²) in [6.07, 6.45) is 4.31. The van der Waals surface area contributed by atoms with E-state index in [1.54, 1.807) is 7.11 Å². The summed E-state index contributed by atoms with van der Waals surface area (Å²) >= 11 is 0. The first kappa shape index (κ1) is 23.4. The fourth-order valence-corrected chi connectivity index (χ4v) is 4.44. The Kier molecular flexibility index (Phi) is 9.16. The van der Waals surface area contributed by atoms with Gasteiger partial charge in [-0.25, -0.2) is 4.79 Å². The van der Waals surface area contributed by atoms with Gasteiger partial charge in [-0.1, -0.05) is 12.8 Å². The van der Waals surface area contributed by atoms with Crippen LogP contribution in [0.25, 0.3) is 0 Å². The first-order chi connectivity index (χ1) is 13.9. The lowest BCUT2D eigenvalue weighted by atomic mass is 9.76. The molecule has 0 bridgehead atoms. The van der Waals surface area contributed by atoms with Crippen LogP contribution in [-0.2, 0) is 23.8 Å². The summed E-state index contributed by atoms with van der Waals surface area (Å²) in [5.41, 5.74) is -0.678. The number of methoxy groups -OCH3 is 1. The van der Waals surface area contributed by atoms with Crippen LogP contribution in [0.15, 0.2) is 0 Å². The fraction of sp³-hybridized carbons (Fsp3) is 0.850. The Morgan fingerprint density at radius 1 is 1.07 bits per heavy atom. The summed E-state index contributed by atoms with van der Waals surface area (Å²) in [5, 5.41) is 21.4. The van der Waals surface area contributed by atoms with E-state index in [1.807, 2.05) is 0 Å². The van der Waals surface area contributed by atoms with Crippen LogP contribution in [0.2, 0.25) is 0 Å². The van der Waals surface area contributed by atoms with E-state index < -0.39 is 23.5 Å². The predicted molar refractivity (Wildman–Crippen MR) is 103 cm³/mol. The van der Waals surface area contributed by atoms with Gasteiger partial charge in [0, 0.05) is 13.2 Å². The second-order valence-corrected chi connectivity index (χ2v) is 8.13. The monoisotopic (exact) mass is 415 g/mol. The van der Waals surface area contributed by atoms with Crippen molar-refractivity contribution in [3.05, 3.63) is 0 Å². The normalized spacial score (nSPS) is 24.6. The molecule has 3 N–H and O–H groups in total. The number of rotatable bonds is 11. The molecule has 0 heterocycles. The number of hydrogen-bond acceptors (Lipinski definition) is 6. The van der Waals surface area contributed by atoms with Crippen molar-refractivity contribution in [3.63, 3.8) is 0 Å². The molecule has 0 aromatic rings. The number of aliphatic carboxylic acids is 1. The molecule has 2 rings (SSSR count). The molecule has 0 saturated heterocycles. The van der Waals surface area contributed by atoms with Gasteiger partial charge in [0.15, 0.2) is 0 Å². The number of carboxylic acids is 1. The van der Waals surface area contributed by atoms with E-state index in [1.165, 1.54) is 0 Å². The molecule has 29 heavy (non-hydrogen) atoms. The number of carboxylic acid groups (broad SMARTS) is 2. The largest absolute Gasteiger partial charge is 0.506 e. The van der Waals surface area contributed by atoms with Gasteiger partial charge in [0.1, 0.15) is 6.10 Å². The van der Waals surface area contributed by atoms with Crippen LogP contribution in [0.4, 0.5) is 4.79 Å². The molecule has 166 valence electrons. The highest BCUT2D eigenvalue weighted by atomic mass is 16.7. The molecule has 9 nitrogen and oxygen atoms in total. The smallest absolute Gasteiger partial charge is 0.481 e. The van der Waals surface area contributed by atoms with Crippen LogP contribution < -0.4 is 5.32 Å². The number of amides is 1. The minimum atomic E-state index is -1.27. The lowest BCUT2D eigenvalue weighted by Crippen LogP contribution is -2.47. The van der Waals surface area contributed by atoms with Crippen LogP contribution >= 0.6 is 0 Å². The van der Waals surface area contributed by atoms with E-state index in [0.29, 0.717) is 51.7 Å². The van der Waals surface area contributed by atoms with Crippen LogP contribution in [0.1, 0.15) is 57.8 Å². The molecule has 0 aliphatic heterocycles. The van der Waals surface area contributed by atoms with Crippen molar-refractivity contribution >= 4 is 18.0 Å². The van der Waals surface area contributed by atoms with E-state index >= 15 is 0 Å². The van der Waals surface area contributed by atoms with E-state index in [-0.39, 0.29) is 31.1 Å². The van der Waals surface area contributed by atoms with Crippen molar-refractivity contribution in [1.29, 1.82) is 0 Å². The Morgan fingerprint density at radius 2 is 1.72 bits per heavy atom. The van der Waals surface area contributed by atoms with Gasteiger partial charge in [0.2, 0.25) is 5.91 Å². The molecule has 0 unspecified atom stereocenters. The van der Waals surface area contributed by atoms with Gasteiger partial charge in [-0.05, 0) is 44.9 Å². The van der Waals surface area contributed by atoms with Crippen molar-refractivity contribution in [2.24, 2.45) is 11.3 Å². The average molecular weight is 415 g/mol. The average Bonchev–Trinajstić information content (AvgIpc) is 3.15. The third-order valence-electron chi connectivity index (χ3n) is 6.06. The maximum absolute atomic E-state index is 13.1. The number of carbonyl (C=O) groups excluding carboxylic acids is 1. The molecule has 2 saturated carbocycles. The summed E-state index contributed by atoms with van der Waals surface area (Å²) in [4.78, 5) is 35.5. The molecule has 1 amide bonds. The standard InChI is InChI=1S/C20H33NO8/c1-27-10-11-28-13-14(17(22)23)12-20(8-2-3-9-20)18(24)21-15-4-6-16(7-5-15)29-19(25)26/h14-16H,2-13H2,1H3,(H,21,24)(H,22,23)(H,25,26)/t14-,15-,16+/m0/s1. The molecular formula is C20H33NO8. The third-order valence-corrected chi connectivity index (χ3v) is 6.06. The van der Waals surface area contributed by atoms with Gasteiger partial charge in [-0.15, -0.1) is 0 Å². The highest BCUT2D eigenvalue weighted by molar-refractivity contribution is 5.84. The summed E-state index contributed by atoms with van der Waals surface area (Å²) in [6, 6.07) is -0.0325. The Balaban J connectivity index is 1.91. The predicted octanol–water partition coefficient (Wildman–Crippen LogP) is 2.42. The third kappa shape index (κ3) is 7.15. The topological polar surface area (TPSA) is 131 Å². The van der Waals surface area contributed by atoms with Crippen LogP contribution in [0, 0.1) is 11.3 Å². The van der Waals surface area contributed by atoms with Crippen molar-refractivity contribution in [3.8, 4) is 0 Å². The lowest BCUT2D eigenvalue weighted by molar-refractivity contribution is -0.147. The first-order valence-electron chi connectivity index (χ1n) is 10.4. The van der Waals surface area contributed by atoms with Crippen molar-refractivity contribution in [2.45, 2.75) is 69.9 Å². The zero-order valence-corrected chi connectivity index (χ0v) is 17.1. The molecule has 0 aromatic carbocycles. The van der Waals surface area contributed by atoms with E-state index in [0.717, 1.165) is 12.8 Å². The second-order valence-electron chi connectivity index (χ2n) is 8.13. The van der Waals surface area contributed by atoms with Gasteiger partial charge in [-0.2, -0.15) is 0 Å². The summed E-state index contributed by atoms with van der Waals surface area (Å²) in [6.45, 7) is 0.777. The lowest BCUT2D eigenvalue weighted by Gasteiger charge is -2.34. The molecule has 9 heteroatoms. The second kappa shape index (κ2) is 11.3. The van der Waals surface area contributed by atoms with Crippen molar-refractivity contribution in [2.75, 3.05) is 26.9 Å². The summed E-state index contributed by atoms with van der Waals surface area (Å²) in [5.74, 6) is -1.77. The highest BCUT2D eigenvalue weighted by Crippen LogP contribution is 2.44.